The highest BCUT2D eigenvalue weighted by Crippen LogP contribution is 2.43. The van der Waals surface area contributed by atoms with E-state index >= 15 is 0 Å². The van der Waals surface area contributed by atoms with Gasteiger partial charge in [0.05, 0.1) is 28.7 Å². The third-order valence-electron chi connectivity index (χ3n) is 4.43. The first-order chi connectivity index (χ1) is 13.1. The quantitative estimate of drug-likeness (QED) is 0.335. The van der Waals surface area contributed by atoms with E-state index in [9.17, 15) is 10.0 Å². The predicted octanol–water partition coefficient (Wildman–Crippen LogP) is 6.67. The molecule has 3 rings (SSSR count). The van der Waals surface area contributed by atoms with E-state index in [1.165, 1.54) is 4.57 Å². The van der Waals surface area contributed by atoms with E-state index in [4.69, 9.17) is 27.9 Å². The van der Waals surface area contributed by atoms with E-state index in [1.807, 2.05) is 24.3 Å². The summed E-state index contributed by atoms with van der Waals surface area (Å²) in [4.78, 5) is 11.2. The number of fused-ring (bicyclic) bond motifs is 1. The normalized spacial score (nSPS) is 11.1. The van der Waals surface area contributed by atoms with Crippen molar-refractivity contribution in [2.45, 2.75) is 32.7 Å². The van der Waals surface area contributed by atoms with Crippen LogP contribution in [0.3, 0.4) is 0 Å². The minimum atomic E-state index is -0.232. The van der Waals surface area contributed by atoms with E-state index < -0.39 is 0 Å². The Morgan fingerprint density at radius 1 is 1.11 bits per heavy atom. The van der Waals surface area contributed by atoms with Gasteiger partial charge >= 0.3 is 0 Å². The van der Waals surface area contributed by atoms with Crippen LogP contribution >= 0.6 is 23.2 Å². The maximum absolute atomic E-state index is 11.2. The Bertz CT molecular complexity index is 952. The second-order valence-corrected chi connectivity index (χ2v) is 7.09. The van der Waals surface area contributed by atoms with Crippen LogP contribution in [0.2, 0.25) is 10.0 Å². The Morgan fingerprint density at radius 3 is 2.52 bits per heavy atom. The highest BCUT2D eigenvalue weighted by molar-refractivity contribution is 6.45. The van der Waals surface area contributed by atoms with E-state index in [2.05, 4.69) is 12.1 Å². The summed E-state index contributed by atoms with van der Waals surface area (Å²) >= 11 is 12.4. The van der Waals surface area contributed by atoms with E-state index in [0.717, 1.165) is 30.6 Å². The van der Waals surface area contributed by atoms with Crippen molar-refractivity contribution in [3.63, 3.8) is 0 Å². The third kappa shape index (κ3) is 4.04. The Morgan fingerprint density at radius 2 is 1.85 bits per heavy atom. The standard InChI is InChI=1S/C20H20Cl2N2O3/c1-2-3-4-11-27-14-7-5-13(6-8-14)12-24-19-15(18(23-26)20(24)25)9-10-16(21)17(19)22/h5-10,25H,2-4,11-12H2,1H3. The van der Waals surface area contributed by atoms with Gasteiger partial charge in [0.2, 0.25) is 5.88 Å². The van der Waals surface area contributed by atoms with Gasteiger partial charge in [-0.05, 0) is 41.4 Å². The first-order valence-corrected chi connectivity index (χ1v) is 9.56. The fourth-order valence-corrected chi connectivity index (χ4v) is 3.43. The number of hydrogen-bond acceptors (Lipinski definition) is 4. The van der Waals surface area contributed by atoms with Gasteiger partial charge in [-0.3, -0.25) is 0 Å². The topological polar surface area (TPSA) is 63.8 Å². The zero-order valence-corrected chi connectivity index (χ0v) is 16.4. The molecule has 0 bridgehead atoms. The maximum atomic E-state index is 11.2. The van der Waals surface area contributed by atoms with Crippen molar-refractivity contribution in [3.05, 3.63) is 56.9 Å². The summed E-state index contributed by atoms with van der Waals surface area (Å²) < 4.78 is 7.25. The molecule has 0 radical (unpaired) electrons. The lowest BCUT2D eigenvalue weighted by molar-refractivity contribution is 0.306. The van der Waals surface area contributed by atoms with Gasteiger partial charge in [0.25, 0.3) is 0 Å². The number of benzene rings is 2. The molecule has 3 aromatic rings. The van der Waals surface area contributed by atoms with Gasteiger partial charge < -0.3 is 14.4 Å². The molecule has 0 aliphatic rings. The average Bonchev–Trinajstić information content (AvgIpc) is 2.95. The van der Waals surface area contributed by atoms with Crippen molar-refractivity contribution < 1.29 is 9.84 Å². The summed E-state index contributed by atoms with van der Waals surface area (Å²) in [5.74, 6) is 0.567. The van der Waals surface area contributed by atoms with Gasteiger partial charge in [-0.1, -0.05) is 55.1 Å². The fraction of sp³-hybridized carbons (Fsp3) is 0.300. The Kier molecular flexibility index (Phi) is 6.24. The number of nitrogens with zero attached hydrogens (tertiary/aromatic N) is 2. The second-order valence-electron chi connectivity index (χ2n) is 6.31. The summed E-state index contributed by atoms with van der Waals surface area (Å²) in [6, 6.07) is 10.8. The largest absolute Gasteiger partial charge is 0.494 e. The van der Waals surface area contributed by atoms with E-state index in [-0.39, 0.29) is 16.6 Å². The SMILES string of the molecule is CCCCCOc1ccc(Cn2c(O)c(N=O)c3ccc(Cl)c(Cl)c32)cc1. The lowest BCUT2D eigenvalue weighted by Crippen LogP contribution is -2.00. The molecule has 142 valence electrons. The van der Waals surface area contributed by atoms with Gasteiger partial charge in [-0.2, -0.15) is 0 Å². The molecule has 0 saturated carbocycles. The van der Waals surface area contributed by atoms with Crippen LogP contribution in [0.25, 0.3) is 10.9 Å². The maximum Gasteiger partial charge on any atom is 0.222 e. The predicted molar refractivity (Wildman–Crippen MR) is 110 cm³/mol. The molecule has 0 spiro atoms. The van der Waals surface area contributed by atoms with Crippen LogP contribution in [-0.2, 0) is 6.54 Å². The smallest absolute Gasteiger partial charge is 0.222 e. The van der Waals surface area contributed by atoms with Crippen molar-refractivity contribution >= 4 is 39.8 Å². The molecule has 0 saturated heterocycles. The molecule has 1 N–H and O–H groups in total. The molecule has 1 heterocycles. The number of aromatic nitrogens is 1. The molecule has 5 nitrogen and oxygen atoms in total. The number of aromatic hydroxyl groups is 1. The lowest BCUT2D eigenvalue weighted by atomic mass is 10.2. The zero-order valence-electron chi connectivity index (χ0n) is 14.9. The molecule has 0 atom stereocenters. The molecular weight excluding hydrogens is 387 g/mol. The van der Waals surface area contributed by atoms with Crippen LogP contribution in [0.1, 0.15) is 31.7 Å². The molecular formula is C20H20Cl2N2O3. The summed E-state index contributed by atoms with van der Waals surface area (Å²) in [6.07, 6.45) is 3.33. The number of ether oxygens (including phenoxy) is 1. The molecule has 0 fully saturated rings. The minimum absolute atomic E-state index is 0.0422. The fourth-order valence-electron chi connectivity index (χ4n) is 3.01. The van der Waals surface area contributed by atoms with Crippen LogP contribution in [0.15, 0.2) is 41.6 Å². The van der Waals surface area contributed by atoms with Crippen LogP contribution in [-0.4, -0.2) is 16.3 Å². The van der Waals surface area contributed by atoms with Gasteiger partial charge in [-0.15, -0.1) is 4.91 Å². The first-order valence-electron chi connectivity index (χ1n) is 8.81. The molecule has 7 heteroatoms. The van der Waals surface area contributed by atoms with Gasteiger partial charge in [0.1, 0.15) is 5.75 Å². The van der Waals surface area contributed by atoms with Crippen LogP contribution in [0.5, 0.6) is 11.6 Å². The molecule has 1 aromatic heterocycles. The number of unbranched alkanes of at least 4 members (excludes halogenated alkanes) is 2. The van der Waals surface area contributed by atoms with Crippen LogP contribution < -0.4 is 4.74 Å². The van der Waals surface area contributed by atoms with Crippen molar-refractivity contribution in [2.75, 3.05) is 6.61 Å². The third-order valence-corrected chi connectivity index (χ3v) is 5.23. The van der Waals surface area contributed by atoms with Gasteiger partial charge in [0, 0.05) is 5.39 Å². The minimum Gasteiger partial charge on any atom is -0.494 e. The van der Waals surface area contributed by atoms with Crippen molar-refractivity contribution in [3.8, 4) is 11.6 Å². The molecule has 0 aliphatic heterocycles. The average molecular weight is 407 g/mol. The molecule has 2 aromatic carbocycles. The summed E-state index contributed by atoms with van der Waals surface area (Å²) in [7, 11) is 0. The second kappa shape index (κ2) is 8.63. The summed E-state index contributed by atoms with van der Waals surface area (Å²) in [5.41, 5.74) is 1.35. The number of nitroso groups, excluding NO2 is 1. The Labute approximate surface area is 167 Å². The van der Waals surface area contributed by atoms with Crippen molar-refractivity contribution in [1.29, 1.82) is 0 Å². The number of hydrogen-bond donors (Lipinski definition) is 1. The summed E-state index contributed by atoms with van der Waals surface area (Å²) in [5, 5.41) is 14.5. The molecule has 0 amide bonds. The zero-order chi connectivity index (χ0) is 19.4. The van der Waals surface area contributed by atoms with Gasteiger partial charge in [0.15, 0.2) is 5.69 Å². The highest BCUT2D eigenvalue weighted by Gasteiger charge is 2.21. The highest BCUT2D eigenvalue weighted by atomic mass is 35.5. The molecule has 27 heavy (non-hydrogen) atoms. The van der Waals surface area contributed by atoms with Crippen LogP contribution in [0.4, 0.5) is 5.69 Å². The van der Waals surface area contributed by atoms with E-state index in [0.29, 0.717) is 29.1 Å². The molecule has 0 aliphatic carbocycles. The monoisotopic (exact) mass is 406 g/mol. The Balaban J connectivity index is 1.87. The van der Waals surface area contributed by atoms with Gasteiger partial charge in [-0.25, -0.2) is 0 Å². The number of rotatable bonds is 8. The number of halogens is 2. The summed E-state index contributed by atoms with van der Waals surface area (Å²) in [6.45, 7) is 3.16. The van der Waals surface area contributed by atoms with E-state index in [1.54, 1.807) is 12.1 Å². The van der Waals surface area contributed by atoms with Crippen molar-refractivity contribution in [2.24, 2.45) is 5.18 Å². The lowest BCUT2D eigenvalue weighted by Gasteiger charge is -2.10. The molecule has 0 unspecified atom stereocenters. The van der Waals surface area contributed by atoms with Crippen molar-refractivity contribution in [1.82, 2.24) is 4.57 Å². The first kappa shape index (κ1) is 19.5. The van der Waals surface area contributed by atoms with Crippen LogP contribution in [0, 0.1) is 4.91 Å². The Hall–Kier alpha value is -2.24.